The lowest BCUT2D eigenvalue weighted by atomic mass is 10.2. The second-order valence-electron chi connectivity index (χ2n) is 6.06. The maximum atomic E-state index is 14.2. The Balaban J connectivity index is 1.74. The highest BCUT2D eigenvalue weighted by atomic mass is 19.1. The van der Waals surface area contributed by atoms with Gasteiger partial charge < -0.3 is 20.2 Å². The lowest BCUT2D eigenvalue weighted by Gasteiger charge is -2.23. The number of aliphatic hydroxyl groups is 1. The number of hydrogen-bond acceptors (Lipinski definition) is 3. The number of benzene rings is 1. The van der Waals surface area contributed by atoms with Gasteiger partial charge in [-0.1, -0.05) is 0 Å². The zero-order valence-corrected chi connectivity index (χ0v) is 12.9. The van der Waals surface area contributed by atoms with E-state index in [9.17, 15) is 13.6 Å². The van der Waals surface area contributed by atoms with E-state index in [-0.39, 0.29) is 30.6 Å². The highest BCUT2D eigenvalue weighted by Gasteiger charge is 2.32. The fourth-order valence-corrected chi connectivity index (χ4v) is 3.02. The molecule has 0 aromatic heterocycles. The standard InChI is InChI=1S/C16H21F2N3O2/c17-13-9-11(10-14(18)15(13)20-5-1-2-6-20)19-16(23)21(7-8-22)12-3-4-12/h9-10,12,22H,1-8H2,(H,19,23). The molecule has 0 spiro atoms. The van der Waals surface area contributed by atoms with Crippen LogP contribution in [0.2, 0.25) is 0 Å². The highest BCUT2D eigenvalue weighted by molar-refractivity contribution is 5.90. The molecule has 1 heterocycles. The van der Waals surface area contributed by atoms with Crippen molar-refractivity contribution in [2.75, 3.05) is 36.5 Å². The Kier molecular flexibility index (Phi) is 4.66. The summed E-state index contributed by atoms with van der Waals surface area (Å²) in [6.45, 7) is 1.37. The zero-order chi connectivity index (χ0) is 16.4. The third kappa shape index (κ3) is 3.55. The molecule has 23 heavy (non-hydrogen) atoms. The Bertz CT molecular complexity index is 564. The fraction of sp³-hybridized carbons (Fsp3) is 0.562. The first kappa shape index (κ1) is 16.0. The number of halogens is 2. The molecule has 1 saturated heterocycles. The Labute approximate surface area is 133 Å². The first-order valence-electron chi connectivity index (χ1n) is 8.02. The normalized spacial score (nSPS) is 17.4. The summed E-state index contributed by atoms with van der Waals surface area (Å²) in [6.07, 6.45) is 3.64. The number of urea groups is 1. The molecule has 0 radical (unpaired) electrons. The Morgan fingerprint density at radius 2 is 1.87 bits per heavy atom. The van der Waals surface area contributed by atoms with Crippen LogP contribution in [0.25, 0.3) is 0 Å². The second kappa shape index (κ2) is 6.70. The monoisotopic (exact) mass is 325 g/mol. The minimum atomic E-state index is -0.665. The summed E-state index contributed by atoms with van der Waals surface area (Å²) < 4.78 is 28.5. The third-order valence-corrected chi connectivity index (χ3v) is 4.28. The number of carbonyl (C=O) groups is 1. The van der Waals surface area contributed by atoms with Gasteiger partial charge in [-0.2, -0.15) is 0 Å². The minimum absolute atomic E-state index is 0.0186. The number of anilines is 2. The molecule has 1 saturated carbocycles. The molecule has 2 aliphatic rings. The van der Waals surface area contributed by atoms with Gasteiger partial charge in [0, 0.05) is 31.4 Å². The molecular weight excluding hydrogens is 304 g/mol. The SMILES string of the molecule is O=C(Nc1cc(F)c(N2CCCC2)c(F)c1)N(CCO)C1CC1. The topological polar surface area (TPSA) is 55.8 Å². The zero-order valence-electron chi connectivity index (χ0n) is 12.9. The first-order chi connectivity index (χ1) is 11.1. The number of nitrogens with one attached hydrogen (secondary N) is 1. The van der Waals surface area contributed by atoms with Crippen LogP contribution in [-0.4, -0.2) is 48.3 Å². The summed E-state index contributed by atoms with van der Waals surface area (Å²) >= 11 is 0. The van der Waals surface area contributed by atoms with Crippen LogP contribution in [0.1, 0.15) is 25.7 Å². The Hall–Kier alpha value is -1.89. The number of amides is 2. The lowest BCUT2D eigenvalue weighted by Crippen LogP contribution is -2.38. The van der Waals surface area contributed by atoms with Crippen LogP contribution < -0.4 is 10.2 Å². The van der Waals surface area contributed by atoms with Crippen LogP contribution in [0, 0.1) is 11.6 Å². The van der Waals surface area contributed by atoms with E-state index in [0.29, 0.717) is 13.1 Å². The molecule has 2 amide bonds. The van der Waals surface area contributed by atoms with E-state index in [1.807, 2.05) is 0 Å². The molecule has 0 bridgehead atoms. The number of aliphatic hydroxyl groups excluding tert-OH is 1. The lowest BCUT2D eigenvalue weighted by molar-refractivity contribution is 0.185. The summed E-state index contributed by atoms with van der Waals surface area (Å²) in [7, 11) is 0. The van der Waals surface area contributed by atoms with Crippen LogP contribution in [0.4, 0.5) is 25.0 Å². The van der Waals surface area contributed by atoms with E-state index in [0.717, 1.165) is 37.8 Å². The average molecular weight is 325 g/mol. The minimum Gasteiger partial charge on any atom is -0.395 e. The maximum Gasteiger partial charge on any atom is 0.322 e. The Morgan fingerprint density at radius 1 is 1.26 bits per heavy atom. The fourth-order valence-electron chi connectivity index (χ4n) is 3.02. The van der Waals surface area contributed by atoms with Crippen molar-refractivity contribution in [3.05, 3.63) is 23.8 Å². The predicted octanol–water partition coefficient (Wildman–Crippen LogP) is 2.55. The van der Waals surface area contributed by atoms with Gasteiger partial charge in [0.15, 0.2) is 11.6 Å². The van der Waals surface area contributed by atoms with E-state index in [1.165, 1.54) is 4.90 Å². The smallest absolute Gasteiger partial charge is 0.322 e. The van der Waals surface area contributed by atoms with Crippen molar-refractivity contribution < 1.29 is 18.7 Å². The number of rotatable bonds is 5. The van der Waals surface area contributed by atoms with Gasteiger partial charge in [0.1, 0.15) is 5.69 Å². The summed E-state index contributed by atoms with van der Waals surface area (Å²) in [5.41, 5.74) is 0.0754. The van der Waals surface area contributed by atoms with Gasteiger partial charge in [0.25, 0.3) is 0 Å². The van der Waals surface area contributed by atoms with E-state index in [1.54, 1.807) is 4.90 Å². The Morgan fingerprint density at radius 3 is 2.39 bits per heavy atom. The second-order valence-corrected chi connectivity index (χ2v) is 6.06. The van der Waals surface area contributed by atoms with Crippen molar-refractivity contribution in [1.29, 1.82) is 0 Å². The van der Waals surface area contributed by atoms with Crippen LogP contribution in [0.15, 0.2) is 12.1 Å². The van der Waals surface area contributed by atoms with E-state index >= 15 is 0 Å². The molecule has 0 atom stereocenters. The van der Waals surface area contributed by atoms with Crippen molar-refractivity contribution in [2.45, 2.75) is 31.7 Å². The van der Waals surface area contributed by atoms with Crippen LogP contribution in [0.5, 0.6) is 0 Å². The van der Waals surface area contributed by atoms with E-state index in [2.05, 4.69) is 5.32 Å². The predicted molar refractivity (Wildman–Crippen MR) is 83.6 cm³/mol. The van der Waals surface area contributed by atoms with E-state index < -0.39 is 17.7 Å². The van der Waals surface area contributed by atoms with Crippen molar-refractivity contribution in [2.24, 2.45) is 0 Å². The van der Waals surface area contributed by atoms with Crippen molar-refractivity contribution in [3.8, 4) is 0 Å². The van der Waals surface area contributed by atoms with Gasteiger partial charge in [0.2, 0.25) is 0 Å². The highest BCUT2D eigenvalue weighted by Crippen LogP contribution is 2.31. The van der Waals surface area contributed by atoms with Gasteiger partial charge in [0.05, 0.1) is 6.61 Å². The van der Waals surface area contributed by atoms with E-state index in [4.69, 9.17) is 5.11 Å². The molecular formula is C16H21F2N3O2. The molecule has 126 valence electrons. The molecule has 3 rings (SSSR count). The van der Waals surface area contributed by atoms with Gasteiger partial charge in [-0.25, -0.2) is 13.6 Å². The molecule has 2 fully saturated rings. The van der Waals surface area contributed by atoms with Crippen LogP contribution in [-0.2, 0) is 0 Å². The van der Waals surface area contributed by atoms with Crippen molar-refractivity contribution >= 4 is 17.4 Å². The molecule has 1 aromatic rings. The molecule has 1 aliphatic carbocycles. The van der Waals surface area contributed by atoms with Gasteiger partial charge in [-0.05, 0) is 37.8 Å². The van der Waals surface area contributed by atoms with Gasteiger partial charge in [-0.3, -0.25) is 0 Å². The average Bonchev–Trinajstić information content (AvgIpc) is 3.19. The summed E-state index contributed by atoms with van der Waals surface area (Å²) in [5, 5.41) is 11.6. The third-order valence-electron chi connectivity index (χ3n) is 4.28. The summed E-state index contributed by atoms with van der Waals surface area (Å²) in [4.78, 5) is 15.4. The number of nitrogens with zero attached hydrogens (tertiary/aromatic N) is 2. The van der Waals surface area contributed by atoms with Gasteiger partial charge >= 0.3 is 6.03 Å². The van der Waals surface area contributed by atoms with Crippen LogP contribution in [0.3, 0.4) is 0 Å². The van der Waals surface area contributed by atoms with Crippen molar-refractivity contribution in [1.82, 2.24) is 4.90 Å². The summed E-state index contributed by atoms with van der Waals surface area (Å²) in [5.74, 6) is -1.33. The maximum absolute atomic E-state index is 14.2. The molecule has 2 N–H and O–H groups in total. The van der Waals surface area contributed by atoms with Gasteiger partial charge in [-0.15, -0.1) is 0 Å². The summed E-state index contributed by atoms with van der Waals surface area (Å²) in [6, 6.07) is 1.98. The van der Waals surface area contributed by atoms with Crippen molar-refractivity contribution in [3.63, 3.8) is 0 Å². The molecule has 1 aliphatic heterocycles. The largest absolute Gasteiger partial charge is 0.395 e. The molecule has 0 unspecified atom stereocenters. The quantitative estimate of drug-likeness (QED) is 0.875. The molecule has 5 nitrogen and oxygen atoms in total. The number of carbonyl (C=O) groups excluding carboxylic acids is 1. The molecule has 1 aromatic carbocycles. The number of hydrogen-bond donors (Lipinski definition) is 2. The molecule has 7 heteroatoms. The van der Waals surface area contributed by atoms with Crippen LogP contribution >= 0.6 is 0 Å². The first-order valence-corrected chi connectivity index (χ1v) is 8.02.